The number of nitrogens with zero attached hydrogens (tertiary/aromatic N) is 1. The Morgan fingerprint density at radius 2 is 1.85 bits per heavy atom. The maximum atomic E-state index is 12.3. The average Bonchev–Trinajstić information content (AvgIpc) is 3.13. The Hall–Kier alpha value is -0.400. The van der Waals surface area contributed by atoms with E-state index in [-0.39, 0.29) is 12.6 Å². The van der Waals surface area contributed by atoms with Crippen LogP contribution in [0.4, 0.5) is 0 Å². The maximum absolute atomic E-state index is 12.3. The summed E-state index contributed by atoms with van der Waals surface area (Å²) >= 11 is 0. The number of aliphatic hydroxyl groups excluding tert-OH is 2. The molecule has 0 aromatic rings. The summed E-state index contributed by atoms with van der Waals surface area (Å²) in [6.07, 6.45) is -6.38. The van der Waals surface area contributed by atoms with E-state index in [1.807, 2.05) is 0 Å². The fourth-order valence-electron chi connectivity index (χ4n) is 3.77. The van der Waals surface area contributed by atoms with Gasteiger partial charge in [-0.15, -0.1) is 4.86 Å². The number of fused-ring (bicyclic) bond motifs is 1. The van der Waals surface area contributed by atoms with Gasteiger partial charge in [0.1, 0.15) is 30.6 Å². The summed E-state index contributed by atoms with van der Waals surface area (Å²) in [4.78, 5) is 50.8. The predicted molar refractivity (Wildman–Crippen MR) is 102 cm³/mol. The summed E-state index contributed by atoms with van der Waals surface area (Å²) in [7, 11) is -16.1. The topological polar surface area (TPSA) is 291 Å². The first kappa shape index (κ1) is 25.7. The monoisotopic (exact) mass is 540 g/mol. The molecule has 1 amide bonds. The van der Waals surface area contributed by atoms with Gasteiger partial charge in [0.2, 0.25) is 5.91 Å². The molecule has 0 bridgehead atoms. The van der Waals surface area contributed by atoms with Gasteiger partial charge in [-0.3, -0.25) is 25.3 Å². The number of phosphoric ester groups is 1. The highest BCUT2D eigenvalue weighted by Crippen LogP contribution is 2.61. The van der Waals surface area contributed by atoms with Crippen LogP contribution in [0.25, 0.3) is 0 Å². The number of phosphoric acid groups is 1. The first-order chi connectivity index (χ1) is 15.1. The summed E-state index contributed by atoms with van der Waals surface area (Å²) < 4.78 is 48.1. The molecule has 4 aliphatic heterocycles. The lowest BCUT2D eigenvalue weighted by molar-refractivity contribution is -0.134. The first-order valence-corrected chi connectivity index (χ1v) is 14.0. The fourth-order valence-corrected chi connectivity index (χ4v) is 7.20. The third-order valence-corrected chi connectivity index (χ3v) is 9.49. The third kappa shape index (κ3) is 5.72. The SMILES string of the molecule is O=C1N[C@]2(CN2)NC2C1NCN2[C@@H]1O[C@H](COP(=O)(O)OP(=O)(O)NP(=O)(O)O)[C@@H](O)[C@H]1O. The van der Waals surface area contributed by atoms with Crippen molar-refractivity contribution in [2.75, 3.05) is 19.8 Å². The van der Waals surface area contributed by atoms with E-state index in [2.05, 4.69) is 30.1 Å². The van der Waals surface area contributed by atoms with Gasteiger partial charge in [-0.05, 0) is 0 Å². The van der Waals surface area contributed by atoms with Crippen LogP contribution in [0.15, 0.2) is 0 Å². The molecule has 4 heterocycles. The molecular formula is C11H23N6O13P3. The molecule has 4 aliphatic rings. The molecule has 9 atom stereocenters. The van der Waals surface area contributed by atoms with Gasteiger partial charge < -0.3 is 39.8 Å². The van der Waals surface area contributed by atoms with Gasteiger partial charge in [-0.1, -0.05) is 0 Å². The normalized spacial score (nSPS) is 42.5. The van der Waals surface area contributed by atoms with Crippen LogP contribution in [-0.2, 0) is 32.1 Å². The fraction of sp³-hybridized carbons (Fsp3) is 0.909. The van der Waals surface area contributed by atoms with Crippen LogP contribution in [-0.4, -0.2) is 103 Å². The molecule has 0 aromatic carbocycles. The van der Waals surface area contributed by atoms with Crippen LogP contribution in [0.3, 0.4) is 0 Å². The van der Waals surface area contributed by atoms with Crippen LogP contribution < -0.4 is 26.1 Å². The highest BCUT2D eigenvalue weighted by molar-refractivity contribution is 7.70. The standard InChI is InChI=1S/C11H23N6O13P3/c18-6-4(1-28-33(26,27)30-32(24,25)16-31(21,22)23)29-10(7(6)19)17-3-12-5-8(17)14-11(2-13-11)15-9(5)20/h4-8,10,12-14,18-19H,1-3H2,(H,15,20)(H,26,27)(H4,16,21,22,23,24,25)/t4-,5?,6-,7-,8?,10-,11+/m1/s1. The number of amides is 1. The first-order valence-electron chi connectivity index (χ1n) is 9.32. The van der Waals surface area contributed by atoms with Gasteiger partial charge >= 0.3 is 23.3 Å². The van der Waals surface area contributed by atoms with Gasteiger partial charge in [0, 0.05) is 6.54 Å². The molecule has 22 heteroatoms. The van der Waals surface area contributed by atoms with Crippen LogP contribution in [0, 0.1) is 0 Å². The van der Waals surface area contributed by atoms with E-state index in [9.17, 15) is 38.5 Å². The van der Waals surface area contributed by atoms with E-state index < -0.39 is 72.5 Å². The van der Waals surface area contributed by atoms with Crippen LogP contribution in [0.5, 0.6) is 0 Å². The summed E-state index contributed by atoms with van der Waals surface area (Å²) in [6.45, 7) is -0.356. The Kier molecular flexibility index (Phi) is 6.71. The molecule has 4 saturated heterocycles. The van der Waals surface area contributed by atoms with Crippen molar-refractivity contribution in [2.24, 2.45) is 0 Å². The summed E-state index contributed by atoms with van der Waals surface area (Å²) in [5.41, 5.74) is 0. The summed E-state index contributed by atoms with van der Waals surface area (Å²) in [6, 6.07) is -0.687. The molecule has 1 spiro atoms. The van der Waals surface area contributed by atoms with E-state index in [4.69, 9.17) is 14.5 Å². The van der Waals surface area contributed by atoms with Gasteiger partial charge in [0.25, 0.3) is 0 Å². The summed E-state index contributed by atoms with van der Waals surface area (Å²) in [5, 5.41) is 32.5. The van der Waals surface area contributed by atoms with Crippen molar-refractivity contribution >= 4 is 29.2 Å². The molecule has 33 heavy (non-hydrogen) atoms. The van der Waals surface area contributed by atoms with Crippen LogP contribution >= 0.6 is 23.3 Å². The molecular weight excluding hydrogens is 517 g/mol. The number of carbonyl (C=O) groups is 1. The minimum Gasteiger partial charge on any atom is -0.387 e. The molecule has 0 saturated carbocycles. The minimum absolute atomic E-state index is 0.0806. The van der Waals surface area contributed by atoms with Crippen molar-refractivity contribution < 1.29 is 61.8 Å². The Morgan fingerprint density at radius 1 is 1.18 bits per heavy atom. The van der Waals surface area contributed by atoms with Crippen molar-refractivity contribution in [3.63, 3.8) is 0 Å². The highest BCUT2D eigenvalue weighted by Gasteiger charge is 2.59. The molecule has 4 unspecified atom stereocenters. The van der Waals surface area contributed by atoms with E-state index in [1.54, 1.807) is 0 Å². The van der Waals surface area contributed by atoms with Gasteiger partial charge in [0.05, 0.1) is 19.4 Å². The molecule has 0 radical (unpaired) electrons. The van der Waals surface area contributed by atoms with Crippen molar-refractivity contribution in [3.8, 4) is 0 Å². The van der Waals surface area contributed by atoms with Crippen molar-refractivity contribution in [3.05, 3.63) is 0 Å². The molecule has 190 valence electrons. The van der Waals surface area contributed by atoms with Crippen molar-refractivity contribution in [1.82, 2.24) is 31.0 Å². The number of nitrogens with one attached hydrogen (secondary N) is 5. The van der Waals surface area contributed by atoms with Crippen molar-refractivity contribution in [2.45, 2.75) is 42.5 Å². The number of hydrogen-bond acceptors (Lipinski definition) is 13. The van der Waals surface area contributed by atoms with Gasteiger partial charge in [-0.2, -0.15) is 4.31 Å². The second-order valence-electron chi connectivity index (χ2n) is 7.75. The number of carbonyl (C=O) groups excluding carboxylic acids is 1. The molecule has 0 aliphatic carbocycles. The zero-order valence-electron chi connectivity index (χ0n) is 16.4. The number of hydrogen-bond donors (Lipinski definition) is 11. The zero-order chi connectivity index (χ0) is 24.4. The molecule has 19 nitrogen and oxygen atoms in total. The molecule has 4 rings (SSSR count). The van der Waals surface area contributed by atoms with E-state index in [1.165, 1.54) is 4.90 Å². The van der Waals surface area contributed by atoms with Gasteiger partial charge in [0.15, 0.2) is 5.79 Å². The molecule has 4 fully saturated rings. The molecule has 0 aromatic heterocycles. The lowest BCUT2D eigenvalue weighted by Gasteiger charge is -2.38. The second-order valence-corrected chi connectivity index (χ2v) is 12.5. The quantitative estimate of drug-likeness (QED) is 0.101. The largest absolute Gasteiger partial charge is 0.480 e. The average molecular weight is 540 g/mol. The third-order valence-electron chi connectivity index (χ3n) is 5.25. The van der Waals surface area contributed by atoms with Crippen molar-refractivity contribution in [1.29, 1.82) is 0 Å². The van der Waals surface area contributed by atoms with E-state index in [0.29, 0.717) is 6.54 Å². The lowest BCUT2D eigenvalue weighted by atomic mass is 10.1. The Morgan fingerprint density at radius 3 is 2.45 bits per heavy atom. The zero-order valence-corrected chi connectivity index (χ0v) is 19.1. The number of rotatable bonds is 8. The van der Waals surface area contributed by atoms with Gasteiger partial charge in [-0.25, -0.2) is 18.6 Å². The van der Waals surface area contributed by atoms with E-state index >= 15 is 0 Å². The Labute approximate surface area is 185 Å². The maximum Gasteiger partial charge on any atom is 0.480 e. The van der Waals surface area contributed by atoms with Crippen LogP contribution in [0.1, 0.15) is 0 Å². The molecule has 11 N–H and O–H groups in total. The minimum atomic E-state index is -5.45. The summed E-state index contributed by atoms with van der Waals surface area (Å²) in [5.74, 6) is -1.08. The second kappa shape index (κ2) is 8.62. The van der Waals surface area contributed by atoms with Crippen LogP contribution in [0.2, 0.25) is 0 Å². The highest BCUT2D eigenvalue weighted by atomic mass is 31.3. The smallest absolute Gasteiger partial charge is 0.387 e. The lowest BCUT2D eigenvalue weighted by Crippen LogP contribution is -2.71. The number of aliphatic hydroxyl groups is 2. The Bertz CT molecular complexity index is 945. The van der Waals surface area contributed by atoms with E-state index in [0.717, 1.165) is 4.86 Å². The Balaban J connectivity index is 1.37. The number of ether oxygens (including phenoxy) is 1. The predicted octanol–water partition coefficient (Wildman–Crippen LogP) is -5.12.